The first kappa shape index (κ1) is 26.2. The molecule has 1 heterocycles. The molecule has 1 saturated carbocycles. The first-order valence-electron chi connectivity index (χ1n) is 11.9. The molecule has 3 rings (SSSR count). The van der Waals surface area contributed by atoms with E-state index in [2.05, 4.69) is 17.2 Å². The van der Waals surface area contributed by atoms with Crippen LogP contribution in [0.2, 0.25) is 5.02 Å². The Morgan fingerprint density at radius 3 is 2.32 bits per heavy atom. The zero-order chi connectivity index (χ0) is 25.2. The molecule has 0 radical (unpaired) electrons. The molecule has 0 unspecified atom stereocenters. The molecule has 184 valence electrons. The molecule has 6 nitrogen and oxygen atoms in total. The number of carbonyl (C=O) groups is 2. The van der Waals surface area contributed by atoms with Crippen molar-refractivity contribution < 1.29 is 19.4 Å². The third kappa shape index (κ3) is 5.97. The van der Waals surface area contributed by atoms with Gasteiger partial charge in [0.15, 0.2) is 6.10 Å². The van der Waals surface area contributed by atoms with E-state index in [0.29, 0.717) is 38.9 Å². The lowest BCUT2D eigenvalue weighted by Gasteiger charge is -2.29. The molecule has 1 fully saturated rings. The predicted octanol–water partition coefficient (Wildman–Crippen LogP) is 6.27. The van der Waals surface area contributed by atoms with Gasteiger partial charge in [-0.15, -0.1) is 0 Å². The lowest BCUT2D eigenvalue weighted by atomic mass is 9.87. The summed E-state index contributed by atoms with van der Waals surface area (Å²) in [6.45, 7) is 11.2. The average Bonchev–Trinajstić information content (AvgIpc) is 2.75. The Morgan fingerprint density at radius 1 is 1.15 bits per heavy atom. The van der Waals surface area contributed by atoms with Gasteiger partial charge in [-0.1, -0.05) is 36.7 Å². The highest BCUT2D eigenvalue weighted by molar-refractivity contribution is 6.33. The van der Waals surface area contributed by atoms with Crippen molar-refractivity contribution in [2.24, 2.45) is 5.92 Å². The molecule has 2 N–H and O–H groups in total. The van der Waals surface area contributed by atoms with Crippen LogP contribution in [0.25, 0.3) is 11.1 Å². The third-order valence-electron chi connectivity index (χ3n) is 6.34. The zero-order valence-electron chi connectivity index (χ0n) is 20.9. The topological polar surface area (TPSA) is 88.5 Å². The van der Waals surface area contributed by atoms with Crippen LogP contribution < -0.4 is 5.32 Å². The number of ether oxygens (including phenoxy) is 1. The highest BCUT2D eigenvalue weighted by atomic mass is 35.5. The van der Waals surface area contributed by atoms with Gasteiger partial charge < -0.3 is 15.2 Å². The Balaban J connectivity index is 2.15. The van der Waals surface area contributed by atoms with Crippen LogP contribution in [-0.4, -0.2) is 33.6 Å². The van der Waals surface area contributed by atoms with E-state index >= 15 is 0 Å². The summed E-state index contributed by atoms with van der Waals surface area (Å²) in [6.07, 6.45) is 2.80. The minimum absolute atomic E-state index is 0.115. The van der Waals surface area contributed by atoms with Crippen molar-refractivity contribution in [1.82, 2.24) is 10.3 Å². The smallest absolute Gasteiger partial charge is 0.337 e. The molecule has 1 aromatic carbocycles. The Bertz CT molecular complexity index is 1070. The summed E-state index contributed by atoms with van der Waals surface area (Å²) in [5.74, 6) is -0.693. The SMILES string of the molecule is Cc1nc(C(=O)NC2CCC(C)CC2)c(C)c(-c2ccccc2Cl)c1[C@H](OC(C)(C)C)C(=O)O. The second kappa shape index (κ2) is 10.4. The maximum atomic E-state index is 13.3. The van der Waals surface area contributed by atoms with Gasteiger partial charge in [0.05, 0.1) is 5.60 Å². The molecule has 0 saturated heterocycles. The fourth-order valence-corrected chi connectivity index (χ4v) is 4.84. The number of carboxylic acid groups (broad SMARTS) is 1. The molecule has 1 amide bonds. The van der Waals surface area contributed by atoms with Gasteiger partial charge >= 0.3 is 5.97 Å². The number of hydrogen-bond acceptors (Lipinski definition) is 4. The monoisotopic (exact) mass is 486 g/mol. The number of aliphatic carboxylic acids is 1. The van der Waals surface area contributed by atoms with Crippen molar-refractivity contribution in [2.75, 3.05) is 0 Å². The van der Waals surface area contributed by atoms with Crippen LogP contribution in [0.3, 0.4) is 0 Å². The van der Waals surface area contributed by atoms with E-state index in [1.54, 1.807) is 40.7 Å². The Kier molecular flexibility index (Phi) is 8.04. The number of rotatable bonds is 6. The molecule has 7 heteroatoms. The number of benzene rings is 1. The summed E-state index contributed by atoms with van der Waals surface area (Å²) in [4.78, 5) is 30.3. The maximum absolute atomic E-state index is 13.3. The maximum Gasteiger partial charge on any atom is 0.337 e. The summed E-state index contributed by atoms with van der Waals surface area (Å²) < 4.78 is 5.97. The second-order valence-corrected chi connectivity index (χ2v) is 10.7. The summed E-state index contributed by atoms with van der Waals surface area (Å²) in [5.41, 5.74) is 2.23. The number of nitrogens with zero attached hydrogens (tertiary/aromatic N) is 1. The van der Waals surface area contributed by atoms with Gasteiger partial charge in [-0.2, -0.15) is 0 Å². The number of pyridine rings is 1. The van der Waals surface area contributed by atoms with E-state index in [4.69, 9.17) is 16.3 Å². The summed E-state index contributed by atoms with van der Waals surface area (Å²) >= 11 is 6.56. The van der Waals surface area contributed by atoms with Crippen LogP contribution in [-0.2, 0) is 9.53 Å². The predicted molar refractivity (Wildman–Crippen MR) is 134 cm³/mol. The van der Waals surface area contributed by atoms with Crippen molar-refractivity contribution in [3.8, 4) is 11.1 Å². The third-order valence-corrected chi connectivity index (χ3v) is 6.67. The van der Waals surface area contributed by atoms with E-state index in [9.17, 15) is 14.7 Å². The largest absolute Gasteiger partial charge is 0.479 e. The highest BCUT2D eigenvalue weighted by Gasteiger charge is 2.34. The van der Waals surface area contributed by atoms with Crippen LogP contribution >= 0.6 is 11.6 Å². The average molecular weight is 487 g/mol. The van der Waals surface area contributed by atoms with Crippen molar-refractivity contribution in [1.29, 1.82) is 0 Å². The van der Waals surface area contributed by atoms with Crippen molar-refractivity contribution in [3.63, 3.8) is 0 Å². The molecule has 1 aromatic heterocycles. The van der Waals surface area contributed by atoms with Crippen LogP contribution in [0.5, 0.6) is 0 Å². The van der Waals surface area contributed by atoms with E-state index in [-0.39, 0.29) is 17.6 Å². The normalized spacial score (nSPS) is 19.5. The van der Waals surface area contributed by atoms with Gasteiger partial charge in [0.1, 0.15) is 5.69 Å². The molecule has 34 heavy (non-hydrogen) atoms. The number of carbonyl (C=O) groups excluding carboxylic acids is 1. The van der Waals surface area contributed by atoms with Crippen LogP contribution in [0, 0.1) is 19.8 Å². The zero-order valence-corrected chi connectivity index (χ0v) is 21.6. The Morgan fingerprint density at radius 2 is 1.76 bits per heavy atom. The minimum Gasteiger partial charge on any atom is -0.479 e. The fraction of sp³-hybridized carbons (Fsp3) is 0.519. The van der Waals surface area contributed by atoms with Gasteiger partial charge in [0, 0.05) is 27.9 Å². The molecule has 1 aliphatic rings. The van der Waals surface area contributed by atoms with Crippen LogP contribution in [0.4, 0.5) is 0 Å². The highest BCUT2D eigenvalue weighted by Crippen LogP contribution is 2.40. The first-order chi connectivity index (χ1) is 15.9. The van der Waals surface area contributed by atoms with E-state index in [1.807, 2.05) is 18.2 Å². The van der Waals surface area contributed by atoms with E-state index in [1.165, 1.54) is 0 Å². The van der Waals surface area contributed by atoms with Gasteiger partial charge in [0.25, 0.3) is 5.91 Å². The van der Waals surface area contributed by atoms with E-state index in [0.717, 1.165) is 25.7 Å². The molecule has 1 atom stereocenters. The molecule has 2 aromatic rings. The number of amides is 1. The number of nitrogens with one attached hydrogen (secondary N) is 1. The fourth-order valence-electron chi connectivity index (χ4n) is 4.61. The van der Waals surface area contributed by atoms with E-state index < -0.39 is 17.7 Å². The first-order valence-corrected chi connectivity index (χ1v) is 12.2. The molecular formula is C27H35ClN2O4. The number of aromatic nitrogens is 1. The Labute approximate surface area is 207 Å². The summed E-state index contributed by atoms with van der Waals surface area (Å²) in [5, 5.41) is 13.7. The van der Waals surface area contributed by atoms with Crippen molar-refractivity contribution in [2.45, 2.75) is 85.0 Å². The summed E-state index contributed by atoms with van der Waals surface area (Å²) in [7, 11) is 0. The standard InChI is InChI=1S/C27H35ClN2O4/c1-15-11-13-18(14-12-15)30-25(31)23-16(2)21(19-9-7-8-10-20(19)28)22(17(3)29-23)24(26(32)33)34-27(4,5)6/h7-10,15,18,24H,11-14H2,1-6H3,(H,30,31)(H,32,33)/t15?,18?,24-/m0/s1. The minimum atomic E-state index is -1.27. The van der Waals surface area contributed by atoms with Crippen LogP contribution in [0.15, 0.2) is 24.3 Å². The molecular weight excluding hydrogens is 452 g/mol. The van der Waals surface area contributed by atoms with Gasteiger partial charge in [-0.3, -0.25) is 4.79 Å². The van der Waals surface area contributed by atoms with Crippen molar-refractivity contribution >= 4 is 23.5 Å². The Hall–Kier alpha value is -2.44. The van der Waals surface area contributed by atoms with Gasteiger partial charge in [0.2, 0.25) is 0 Å². The molecule has 0 aliphatic heterocycles. The van der Waals surface area contributed by atoms with Crippen LogP contribution in [0.1, 0.15) is 86.8 Å². The lowest BCUT2D eigenvalue weighted by molar-refractivity contribution is -0.160. The number of aryl methyl sites for hydroxylation is 1. The number of carboxylic acids is 1. The summed E-state index contributed by atoms with van der Waals surface area (Å²) in [6, 6.07) is 7.34. The van der Waals surface area contributed by atoms with Gasteiger partial charge in [-0.25, -0.2) is 9.78 Å². The molecule has 0 bridgehead atoms. The molecule has 1 aliphatic carbocycles. The van der Waals surface area contributed by atoms with Gasteiger partial charge in [-0.05, 0) is 83.4 Å². The van der Waals surface area contributed by atoms with Crippen molar-refractivity contribution in [3.05, 3.63) is 51.8 Å². The second-order valence-electron chi connectivity index (χ2n) is 10.3. The lowest BCUT2D eigenvalue weighted by Crippen LogP contribution is -2.38. The number of halogens is 1. The number of hydrogen-bond donors (Lipinski definition) is 2. The molecule has 0 spiro atoms. The quantitative estimate of drug-likeness (QED) is 0.502.